The van der Waals surface area contributed by atoms with Crippen LogP contribution in [-0.2, 0) is 19.1 Å². The first kappa shape index (κ1) is 19.5. The molecule has 3 fully saturated rings. The topological polar surface area (TPSA) is 60.4 Å². The van der Waals surface area contributed by atoms with Crippen LogP contribution in [0.25, 0.3) is 0 Å². The van der Waals surface area contributed by atoms with Gasteiger partial charge in [0.1, 0.15) is 0 Å². The third kappa shape index (κ3) is 2.24. The summed E-state index contributed by atoms with van der Waals surface area (Å²) in [5.41, 5.74) is -0.455. The zero-order valence-electron chi connectivity index (χ0n) is 17.6. The van der Waals surface area contributed by atoms with Crippen LogP contribution in [0, 0.1) is 40.4 Å². The van der Waals surface area contributed by atoms with E-state index in [4.69, 9.17) is 16.3 Å². The van der Waals surface area contributed by atoms with E-state index in [0.29, 0.717) is 23.3 Å². The molecular formula is C24H29ClO4. The van der Waals surface area contributed by atoms with Gasteiger partial charge < -0.3 is 4.74 Å². The highest BCUT2D eigenvalue weighted by molar-refractivity contribution is 6.32. The van der Waals surface area contributed by atoms with Gasteiger partial charge in [-0.2, -0.15) is 0 Å². The fourth-order valence-electron chi connectivity index (χ4n) is 8.03. The Bertz CT molecular complexity index is 903. The molecule has 0 spiro atoms. The summed E-state index contributed by atoms with van der Waals surface area (Å²) in [5.74, 6) is 1.27. The summed E-state index contributed by atoms with van der Waals surface area (Å²) < 4.78 is 5.82. The Morgan fingerprint density at radius 2 is 1.79 bits per heavy atom. The molecule has 0 amide bonds. The number of Topliss-reactive ketones (excluding diaryl/α,β-unsaturated/α-hetero) is 1. The lowest BCUT2D eigenvalue weighted by Gasteiger charge is -2.57. The third-order valence-electron chi connectivity index (χ3n) is 9.50. The van der Waals surface area contributed by atoms with Gasteiger partial charge in [-0.1, -0.05) is 31.5 Å². The van der Waals surface area contributed by atoms with Crippen molar-refractivity contribution in [3.05, 3.63) is 22.8 Å². The number of hydrogen-bond donors (Lipinski definition) is 0. The largest absolute Gasteiger partial charge is 0.451 e. The summed E-state index contributed by atoms with van der Waals surface area (Å²) in [7, 11) is 0. The highest BCUT2D eigenvalue weighted by atomic mass is 35.5. The monoisotopic (exact) mass is 416 g/mol. The van der Waals surface area contributed by atoms with Crippen LogP contribution in [-0.4, -0.2) is 23.1 Å². The molecule has 0 heterocycles. The molecule has 29 heavy (non-hydrogen) atoms. The molecule has 0 N–H and O–H groups in total. The Kier molecular flexibility index (Phi) is 3.93. The first-order chi connectivity index (χ1) is 13.6. The maximum atomic E-state index is 12.8. The molecular weight excluding hydrogens is 388 g/mol. The molecule has 0 bridgehead atoms. The Balaban J connectivity index is 1.60. The maximum Gasteiger partial charge on any atom is 0.303 e. The van der Waals surface area contributed by atoms with Gasteiger partial charge in [-0.05, 0) is 74.3 Å². The van der Waals surface area contributed by atoms with Gasteiger partial charge in [-0.15, -0.1) is 0 Å². The third-order valence-corrected chi connectivity index (χ3v) is 9.83. The Labute approximate surface area is 177 Å². The van der Waals surface area contributed by atoms with Crippen molar-refractivity contribution in [1.82, 2.24) is 0 Å². The lowest BCUT2D eigenvalue weighted by atomic mass is 9.47. The zero-order chi connectivity index (χ0) is 20.9. The number of carbonyl (C=O) groups excluding carboxylic acids is 3. The fraction of sp³-hybridized carbons (Fsp3) is 0.708. The highest BCUT2D eigenvalue weighted by Gasteiger charge is 2.70. The molecule has 5 aliphatic rings. The van der Waals surface area contributed by atoms with Crippen LogP contribution in [0.4, 0.5) is 0 Å². The zero-order valence-corrected chi connectivity index (χ0v) is 18.3. The minimum atomic E-state index is -1.03. The first-order valence-corrected chi connectivity index (χ1v) is 11.3. The number of ether oxygens (including phenoxy) is 1. The van der Waals surface area contributed by atoms with Crippen LogP contribution in [0.5, 0.6) is 0 Å². The SMILES string of the molecule is CC(=O)O[C@@]1(C(C)=O)CC[C@H]2[C@@H]3C=C(Cl)C4=CC(=O)C5CC5[C@]4(C)[C@@H]3CC[C@@]21C. The van der Waals surface area contributed by atoms with Crippen molar-refractivity contribution in [2.45, 2.75) is 65.4 Å². The second kappa shape index (κ2) is 5.84. The summed E-state index contributed by atoms with van der Waals surface area (Å²) in [6, 6.07) is 0. The van der Waals surface area contributed by atoms with E-state index in [0.717, 1.165) is 31.3 Å². The number of rotatable bonds is 2. The molecule has 4 nitrogen and oxygen atoms in total. The summed E-state index contributed by atoms with van der Waals surface area (Å²) in [4.78, 5) is 37.1. The fourth-order valence-corrected chi connectivity index (χ4v) is 8.43. The van der Waals surface area contributed by atoms with Gasteiger partial charge in [0.15, 0.2) is 17.2 Å². The van der Waals surface area contributed by atoms with Crippen molar-refractivity contribution in [2.24, 2.45) is 40.4 Å². The molecule has 0 aliphatic heterocycles. The quantitative estimate of drug-likeness (QED) is 0.617. The van der Waals surface area contributed by atoms with Gasteiger partial charge in [-0.3, -0.25) is 14.4 Å². The normalized spacial score (nSPS) is 49.7. The summed E-state index contributed by atoms with van der Waals surface area (Å²) >= 11 is 6.79. The second-order valence-electron chi connectivity index (χ2n) is 10.5. The molecule has 3 saturated carbocycles. The van der Waals surface area contributed by atoms with Crippen molar-refractivity contribution in [3.8, 4) is 0 Å². The van der Waals surface area contributed by atoms with Crippen molar-refractivity contribution >= 4 is 29.1 Å². The van der Waals surface area contributed by atoms with Crippen LogP contribution >= 0.6 is 11.6 Å². The number of fused-ring (bicyclic) bond motifs is 7. The van der Waals surface area contributed by atoms with E-state index in [9.17, 15) is 14.4 Å². The van der Waals surface area contributed by atoms with Crippen molar-refractivity contribution in [3.63, 3.8) is 0 Å². The minimum absolute atomic E-state index is 0.0423. The summed E-state index contributed by atoms with van der Waals surface area (Å²) in [6.45, 7) is 7.42. The Morgan fingerprint density at radius 1 is 1.10 bits per heavy atom. The molecule has 2 unspecified atom stereocenters. The van der Waals surface area contributed by atoms with Gasteiger partial charge in [0, 0.05) is 28.7 Å². The molecule has 156 valence electrons. The van der Waals surface area contributed by atoms with E-state index in [1.54, 1.807) is 6.92 Å². The molecule has 8 atom stereocenters. The molecule has 0 aromatic rings. The number of allylic oxidation sites excluding steroid dienone is 4. The van der Waals surface area contributed by atoms with Crippen LogP contribution in [0.2, 0.25) is 0 Å². The standard InChI is InChI=1S/C24H29ClO4/c1-12(26)24(29-13(2)27)8-6-16-14-10-20(25)19-11-21(28)15-9-18(15)23(19,4)17(14)5-7-22(16,24)3/h10-11,14-18H,5-9H2,1-4H3/t14-,15?,16-,17+,18?,22-,23-,24+/m0/s1. The Morgan fingerprint density at radius 3 is 2.45 bits per heavy atom. The molecule has 0 aromatic carbocycles. The number of esters is 1. The van der Waals surface area contributed by atoms with E-state index in [1.807, 2.05) is 6.08 Å². The van der Waals surface area contributed by atoms with Crippen LogP contribution < -0.4 is 0 Å². The van der Waals surface area contributed by atoms with E-state index in [1.165, 1.54) is 6.92 Å². The number of halogens is 1. The predicted octanol–water partition coefficient (Wildman–Crippen LogP) is 4.61. The highest BCUT2D eigenvalue weighted by Crippen LogP contribution is 2.72. The van der Waals surface area contributed by atoms with Gasteiger partial charge >= 0.3 is 5.97 Å². The van der Waals surface area contributed by atoms with Crippen LogP contribution in [0.3, 0.4) is 0 Å². The maximum absolute atomic E-state index is 12.8. The summed E-state index contributed by atoms with van der Waals surface area (Å²) in [5, 5.41) is 0.713. The average molecular weight is 417 g/mol. The molecule has 5 aliphatic carbocycles. The van der Waals surface area contributed by atoms with Crippen molar-refractivity contribution in [2.75, 3.05) is 0 Å². The van der Waals surface area contributed by atoms with E-state index < -0.39 is 5.60 Å². The molecule has 0 aromatic heterocycles. The van der Waals surface area contributed by atoms with E-state index in [2.05, 4.69) is 19.9 Å². The van der Waals surface area contributed by atoms with Crippen molar-refractivity contribution in [1.29, 1.82) is 0 Å². The minimum Gasteiger partial charge on any atom is -0.451 e. The smallest absolute Gasteiger partial charge is 0.303 e. The first-order valence-electron chi connectivity index (χ1n) is 10.9. The van der Waals surface area contributed by atoms with E-state index in [-0.39, 0.29) is 46.1 Å². The number of ketones is 2. The Hall–Kier alpha value is -1.42. The molecule has 5 rings (SSSR count). The van der Waals surface area contributed by atoms with Crippen molar-refractivity contribution < 1.29 is 19.1 Å². The molecule has 0 radical (unpaired) electrons. The van der Waals surface area contributed by atoms with Gasteiger partial charge in [0.25, 0.3) is 0 Å². The number of hydrogen-bond acceptors (Lipinski definition) is 4. The van der Waals surface area contributed by atoms with Gasteiger partial charge in [0.05, 0.1) is 0 Å². The van der Waals surface area contributed by atoms with Gasteiger partial charge in [0.2, 0.25) is 0 Å². The lowest BCUT2D eigenvalue weighted by molar-refractivity contribution is -0.185. The molecule has 5 heteroatoms. The molecule has 0 saturated heterocycles. The summed E-state index contributed by atoms with van der Waals surface area (Å²) in [6.07, 6.45) is 8.18. The average Bonchev–Trinajstić information content (AvgIpc) is 3.39. The number of carbonyl (C=O) groups is 3. The lowest BCUT2D eigenvalue weighted by Crippen LogP contribution is -2.58. The van der Waals surface area contributed by atoms with E-state index >= 15 is 0 Å². The van der Waals surface area contributed by atoms with Crippen LogP contribution in [0.15, 0.2) is 22.8 Å². The van der Waals surface area contributed by atoms with Gasteiger partial charge in [-0.25, -0.2) is 0 Å². The van der Waals surface area contributed by atoms with Crippen LogP contribution in [0.1, 0.15) is 59.8 Å². The second-order valence-corrected chi connectivity index (χ2v) is 10.9. The predicted molar refractivity (Wildman–Crippen MR) is 109 cm³/mol.